The van der Waals surface area contributed by atoms with E-state index >= 15 is 0 Å². The summed E-state index contributed by atoms with van der Waals surface area (Å²) in [7, 11) is 0. The maximum atomic E-state index is 11.8. The molecule has 0 radical (unpaired) electrons. The summed E-state index contributed by atoms with van der Waals surface area (Å²) >= 11 is 0. The van der Waals surface area contributed by atoms with Crippen LogP contribution in [0.2, 0.25) is 0 Å². The lowest BCUT2D eigenvalue weighted by molar-refractivity contribution is -0.252. The predicted molar refractivity (Wildman–Crippen MR) is 66.5 cm³/mol. The van der Waals surface area contributed by atoms with E-state index in [9.17, 15) is 9.59 Å². The van der Waals surface area contributed by atoms with Crippen LogP contribution in [-0.4, -0.2) is 18.0 Å². The Balaban J connectivity index is 1.99. The molecule has 0 aromatic carbocycles. The monoisotopic (exact) mass is 266 g/mol. The molecule has 1 saturated heterocycles. The standard InChI is InChI=1S/C14H18O5/c1-8(2)13(15)18-19-14(16)9(3)12-10-5-4-6-11(7-10)17-12/h10-11H,1,4-7H2,2-3H3/b12-9-. The molecule has 0 spiro atoms. The van der Waals surface area contributed by atoms with Gasteiger partial charge in [-0.05, 0) is 39.5 Å². The molecule has 19 heavy (non-hydrogen) atoms. The van der Waals surface area contributed by atoms with Crippen LogP contribution < -0.4 is 0 Å². The summed E-state index contributed by atoms with van der Waals surface area (Å²) in [5.74, 6) is -0.448. The first-order valence-corrected chi connectivity index (χ1v) is 6.45. The van der Waals surface area contributed by atoms with Crippen molar-refractivity contribution in [2.75, 3.05) is 0 Å². The van der Waals surface area contributed by atoms with E-state index in [0.717, 1.165) is 25.7 Å². The molecule has 1 heterocycles. The number of hydrogen-bond donors (Lipinski definition) is 0. The average molecular weight is 266 g/mol. The fraction of sp³-hybridized carbons (Fsp3) is 0.571. The molecule has 2 atom stereocenters. The Morgan fingerprint density at radius 3 is 2.53 bits per heavy atom. The molecule has 0 aromatic heterocycles. The minimum absolute atomic E-state index is 0.172. The first-order chi connectivity index (χ1) is 8.99. The topological polar surface area (TPSA) is 61.8 Å². The van der Waals surface area contributed by atoms with Crippen LogP contribution in [-0.2, 0) is 24.1 Å². The minimum atomic E-state index is -0.753. The van der Waals surface area contributed by atoms with E-state index in [2.05, 4.69) is 16.4 Å². The molecule has 2 aliphatic rings. The van der Waals surface area contributed by atoms with Gasteiger partial charge in [0.15, 0.2) is 0 Å². The summed E-state index contributed by atoms with van der Waals surface area (Å²) in [6.45, 7) is 6.51. The second kappa shape index (κ2) is 5.47. The van der Waals surface area contributed by atoms with Gasteiger partial charge in [-0.1, -0.05) is 6.58 Å². The van der Waals surface area contributed by atoms with Gasteiger partial charge < -0.3 is 4.74 Å². The van der Waals surface area contributed by atoms with E-state index in [1.165, 1.54) is 6.92 Å². The van der Waals surface area contributed by atoms with Crippen molar-refractivity contribution >= 4 is 11.9 Å². The Bertz CT molecular complexity index is 449. The molecule has 2 fully saturated rings. The Kier molecular flexibility index (Phi) is 3.93. The summed E-state index contributed by atoms with van der Waals surface area (Å²) in [6.07, 6.45) is 4.36. The zero-order valence-corrected chi connectivity index (χ0v) is 11.2. The number of rotatable bonds is 2. The number of allylic oxidation sites excluding steroid dienone is 1. The summed E-state index contributed by atoms with van der Waals surface area (Å²) in [6, 6.07) is 0. The highest BCUT2D eigenvalue weighted by molar-refractivity contribution is 5.90. The van der Waals surface area contributed by atoms with Gasteiger partial charge in [-0.3, -0.25) is 0 Å². The third-order valence-electron chi connectivity index (χ3n) is 3.51. The van der Waals surface area contributed by atoms with Crippen molar-refractivity contribution in [1.82, 2.24) is 0 Å². The van der Waals surface area contributed by atoms with E-state index in [1.54, 1.807) is 6.92 Å². The molecule has 2 rings (SSSR count). The van der Waals surface area contributed by atoms with Crippen molar-refractivity contribution in [2.24, 2.45) is 5.92 Å². The molecule has 2 bridgehead atoms. The zero-order valence-electron chi connectivity index (χ0n) is 11.2. The fourth-order valence-corrected chi connectivity index (χ4v) is 2.47. The van der Waals surface area contributed by atoms with Gasteiger partial charge >= 0.3 is 11.9 Å². The fourth-order valence-electron chi connectivity index (χ4n) is 2.47. The van der Waals surface area contributed by atoms with Gasteiger partial charge in [0.25, 0.3) is 0 Å². The van der Waals surface area contributed by atoms with Crippen molar-refractivity contribution in [3.8, 4) is 0 Å². The van der Waals surface area contributed by atoms with Gasteiger partial charge in [-0.15, -0.1) is 0 Å². The number of carbonyl (C=O) groups is 2. The predicted octanol–water partition coefficient (Wildman–Crippen LogP) is 2.43. The van der Waals surface area contributed by atoms with E-state index in [0.29, 0.717) is 17.3 Å². The van der Waals surface area contributed by atoms with Crippen LogP contribution in [0.4, 0.5) is 0 Å². The Labute approximate surface area is 112 Å². The molecule has 104 valence electrons. The third-order valence-corrected chi connectivity index (χ3v) is 3.51. The number of carbonyl (C=O) groups excluding carboxylic acids is 2. The summed E-state index contributed by atoms with van der Waals surface area (Å²) in [4.78, 5) is 31.8. The van der Waals surface area contributed by atoms with E-state index < -0.39 is 11.9 Å². The molecular formula is C14H18O5. The number of fused-ring (bicyclic) bond motifs is 2. The van der Waals surface area contributed by atoms with E-state index in [-0.39, 0.29) is 11.7 Å². The first-order valence-electron chi connectivity index (χ1n) is 6.45. The summed E-state index contributed by atoms with van der Waals surface area (Å²) in [5, 5.41) is 0. The molecule has 0 N–H and O–H groups in total. The quantitative estimate of drug-likeness (QED) is 0.436. The van der Waals surface area contributed by atoms with Gasteiger partial charge in [0.1, 0.15) is 5.76 Å². The Morgan fingerprint density at radius 2 is 1.89 bits per heavy atom. The van der Waals surface area contributed by atoms with Crippen molar-refractivity contribution in [1.29, 1.82) is 0 Å². The van der Waals surface area contributed by atoms with Gasteiger partial charge in [0.2, 0.25) is 0 Å². The van der Waals surface area contributed by atoms with E-state index in [4.69, 9.17) is 4.74 Å². The highest BCUT2D eigenvalue weighted by atomic mass is 17.2. The molecular weight excluding hydrogens is 248 g/mol. The van der Waals surface area contributed by atoms with Crippen LogP contribution in [0.3, 0.4) is 0 Å². The van der Waals surface area contributed by atoms with Crippen LogP contribution in [0, 0.1) is 5.92 Å². The molecule has 0 amide bonds. The highest BCUT2D eigenvalue weighted by Gasteiger charge is 2.37. The Hall–Kier alpha value is -1.78. The maximum Gasteiger partial charge on any atom is 0.385 e. The van der Waals surface area contributed by atoms with Crippen LogP contribution >= 0.6 is 0 Å². The molecule has 5 nitrogen and oxygen atoms in total. The lowest BCUT2D eigenvalue weighted by Crippen LogP contribution is -2.14. The summed E-state index contributed by atoms with van der Waals surface area (Å²) in [5.41, 5.74) is 0.551. The SMILES string of the molecule is C=C(C)C(=O)OOC(=O)/C(C)=C1\OC2CCCC1C2. The van der Waals surface area contributed by atoms with Gasteiger partial charge in [0.05, 0.1) is 11.7 Å². The lowest BCUT2D eigenvalue weighted by Gasteiger charge is -2.13. The van der Waals surface area contributed by atoms with Gasteiger partial charge in [-0.2, -0.15) is 0 Å². The minimum Gasteiger partial charge on any atom is -0.494 e. The van der Waals surface area contributed by atoms with Gasteiger partial charge in [-0.25, -0.2) is 19.4 Å². The molecule has 2 unspecified atom stereocenters. The second-order valence-corrected chi connectivity index (χ2v) is 5.11. The third kappa shape index (κ3) is 2.97. The van der Waals surface area contributed by atoms with Crippen LogP contribution in [0.1, 0.15) is 39.5 Å². The number of ether oxygens (including phenoxy) is 1. The van der Waals surface area contributed by atoms with Crippen LogP contribution in [0.15, 0.2) is 23.5 Å². The van der Waals surface area contributed by atoms with Crippen LogP contribution in [0.25, 0.3) is 0 Å². The average Bonchev–Trinajstić information content (AvgIpc) is 2.69. The van der Waals surface area contributed by atoms with E-state index in [1.807, 2.05) is 0 Å². The molecule has 1 saturated carbocycles. The molecule has 1 aliphatic carbocycles. The molecule has 0 aromatic rings. The van der Waals surface area contributed by atoms with Crippen molar-refractivity contribution < 1.29 is 24.1 Å². The second-order valence-electron chi connectivity index (χ2n) is 5.11. The van der Waals surface area contributed by atoms with Crippen molar-refractivity contribution in [3.05, 3.63) is 23.5 Å². The van der Waals surface area contributed by atoms with Gasteiger partial charge in [0, 0.05) is 11.5 Å². The normalized spacial score (nSPS) is 27.3. The first kappa shape index (κ1) is 13.6. The highest BCUT2D eigenvalue weighted by Crippen LogP contribution is 2.41. The van der Waals surface area contributed by atoms with Crippen LogP contribution in [0.5, 0.6) is 0 Å². The lowest BCUT2D eigenvalue weighted by atomic mass is 9.88. The molecule has 5 heteroatoms. The zero-order chi connectivity index (χ0) is 14.0. The largest absolute Gasteiger partial charge is 0.494 e. The summed E-state index contributed by atoms with van der Waals surface area (Å²) < 4.78 is 5.74. The Morgan fingerprint density at radius 1 is 1.21 bits per heavy atom. The smallest absolute Gasteiger partial charge is 0.385 e. The number of hydrogen-bond acceptors (Lipinski definition) is 5. The van der Waals surface area contributed by atoms with Crippen molar-refractivity contribution in [3.63, 3.8) is 0 Å². The molecule has 1 aliphatic heterocycles. The van der Waals surface area contributed by atoms with Crippen molar-refractivity contribution in [2.45, 2.75) is 45.6 Å². The maximum absolute atomic E-state index is 11.8.